The summed E-state index contributed by atoms with van der Waals surface area (Å²) in [4.78, 5) is 0. The van der Waals surface area contributed by atoms with Gasteiger partial charge in [0.2, 0.25) is 0 Å². The summed E-state index contributed by atoms with van der Waals surface area (Å²) in [5.74, 6) is -6.88. The molecule has 104 valence electrons. The molecule has 1 unspecified atom stereocenters. The lowest BCUT2D eigenvalue weighted by atomic mass is 10.3. The molecule has 0 aliphatic heterocycles. The van der Waals surface area contributed by atoms with Gasteiger partial charge >= 0.3 is 24.3 Å². The van der Waals surface area contributed by atoms with Gasteiger partial charge in [0.25, 0.3) is 0 Å². The molecule has 0 aromatic heterocycles. The fraction of sp³-hybridized carbons (Fsp3) is 1.00. The van der Waals surface area contributed by atoms with Crippen molar-refractivity contribution in [3.05, 3.63) is 0 Å². The molecule has 0 aliphatic rings. The molecule has 0 fully saturated rings. The highest BCUT2D eigenvalue weighted by molar-refractivity contribution is 4.86. The quantitative estimate of drug-likeness (QED) is 0.714. The van der Waals surface area contributed by atoms with E-state index in [-0.39, 0.29) is 6.92 Å². The molecular weight excluding hydrogens is 278 g/mol. The normalized spacial score (nSPS) is 17.1. The molecule has 11 heteroatoms. The van der Waals surface area contributed by atoms with Crippen molar-refractivity contribution in [2.75, 3.05) is 0 Å². The van der Waals surface area contributed by atoms with Gasteiger partial charge < -0.3 is 0 Å². The number of halogens is 10. The Bertz CT molecular complexity index is 266. The second-order valence-electron chi connectivity index (χ2n) is 2.87. The van der Waals surface area contributed by atoms with Crippen LogP contribution in [-0.4, -0.2) is 30.5 Å². The molecule has 0 amide bonds. The Morgan fingerprint density at radius 2 is 1.18 bits per heavy atom. The van der Waals surface area contributed by atoms with Gasteiger partial charge in [-0.05, 0) is 6.92 Å². The Balaban J connectivity index is 5.17. The summed E-state index contributed by atoms with van der Waals surface area (Å²) in [6, 6.07) is 0. The first-order valence-corrected chi connectivity index (χ1v) is 3.69. The summed E-state index contributed by atoms with van der Waals surface area (Å²) in [7, 11) is 0. The summed E-state index contributed by atoms with van der Waals surface area (Å²) < 4.78 is 121. The van der Waals surface area contributed by atoms with Gasteiger partial charge in [-0.2, -0.15) is 39.5 Å². The lowest BCUT2D eigenvalue weighted by molar-refractivity contribution is -0.477. The number of ether oxygens (including phenoxy) is 1. The maximum absolute atomic E-state index is 12.2. The van der Waals surface area contributed by atoms with Crippen LogP contribution >= 0.6 is 0 Å². The van der Waals surface area contributed by atoms with Gasteiger partial charge in [-0.1, -0.05) is 0 Å². The third-order valence-electron chi connectivity index (χ3n) is 1.45. The molecular formula is C6H4F10O. The first-order valence-electron chi connectivity index (χ1n) is 3.69. The van der Waals surface area contributed by atoms with Crippen LogP contribution in [0.15, 0.2) is 0 Å². The van der Waals surface area contributed by atoms with Crippen molar-refractivity contribution < 1.29 is 48.6 Å². The molecule has 0 spiro atoms. The Morgan fingerprint density at radius 3 is 1.41 bits per heavy atom. The van der Waals surface area contributed by atoms with Gasteiger partial charge in [-0.3, -0.25) is 0 Å². The molecule has 0 aromatic rings. The summed E-state index contributed by atoms with van der Waals surface area (Å²) in [5.41, 5.74) is 0. The zero-order valence-electron chi connectivity index (χ0n) is 7.77. The van der Waals surface area contributed by atoms with Crippen molar-refractivity contribution in [1.82, 2.24) is 0 Å². The third-order valence-corrected chi connectivity index (χ3v) is 1.45. The molecule has 0 saturated heterocycles. The van der Waals surface area contributed by atoms with Gasteiger partial charge in [0, 0.05) is 0 Å². The van der Waals surface area contributed by atoms with Crippen molar-refractivity contribution in [2.45, 2.75) is 37.4 Å². The van der Waals surface area contributed by atoms with E-state index in [9.17, 15) is 43.9 Å². The lowest BCUT2D eigenvalue weighted by Gasteiger charge is -2.30. The molecule has 1 nitrogen and oxygen atoms in total. The predicted molar refractivity (Wildman–Crippen MR) is 32.6 cm³/mol. The second kappa shape index (κ2) is 4.18. The van der Waals surface area contributed by atoms with E-state index in [2.05, 4.69) is 0 Å². The highest BCUT2D eigenvalue weighted by atomic mass is 19.4. The number of rotatable bonds is 4. The van der Waals surface area contributed by atoms with E-state index in [1.165, 1.54) is 0 Å². The van der Waals surface area contributed by atoms with Crippen LogP contribution in [-0.2, 0) is 4.74 Å². The molecule has 0 aromatic carbocycles. The van der Waals surface area contributed by atoms with Gasteiger partial charge in [-0.15, -0.1) is 0 Å². The average molecular weight is 282 g/mol. The molecule has 0 saturated carbocycles. The monoisotopic (exact) mass is 282 g/mol. The molecule has 0 N–H and O–H groups in total. The molecule has 0 radical (unpaired) electrons. The SMILES string of the molecule is CC(F)C(F)(F)OC(F)(F)C(F)(F)C(F)(F)F. The number of alkyl halides is 10. The van der Waals surface area contributed by atoms with E-state index in [1.807, 2.05) is 4.74 Å². The van der Waals surface area contributed by atoms with Gasteiger partial charge in [0.15, 0.2) is 6.17 Å². The van der Waals surface area contributed by atoms with Crippen LogP contribution in [0.1, 0.15) is 6.92 Å². The molecule has 0 bridgehead atoms. The average Bonchev–Trinajstić information content (AvgIpc) is 1.98. The van der Waals surface area contributed by atoms with E-state index < -0.39 is 30.5 Å². The molecule has 0 heterocycles. The fourth-order valence-corrected chi connectivity index (χ4v) is 0.481. The first-order chi connectivity index (χ1) is 7.15. The summed E-state index contributed by atoms with van der Waals surface area (Å²) in [5, 5.41) is 0. The van der Waals surface area contributed by atoms with Gasteiger partial charge in [0.05, 0.1) is 0 Å². The molecule has 1 atom stereocenters. The largest absolute Gasteiger partial charge is 0.462 e. The maximum atomic E-state index is 12.2. The van der Waals surface area contributed by atoms with Crippen LogP contribution < -0.4 is 0 Å². The van der Waals surface area contributed by atoms with Gasteiger partial charge in [-0.25, -0.2) is 9.13 Å². The van der Waals surface area contributed by atoms with Crippen molar-refractivity contribution in [2.24, 2.45) is 0 Å². The number of hydrogen-bond acceptors (Lipinski definition) is 1. The lowest BCUT2D eigenvalue weighted by Crippen LogP contribution is -2.56. The van der Waals surface area contributed by atoms with Crippen molar-refractivity contribution >= 4 is 0 Å². The second-order valence-corrected chi connectivity index (χ2v) is 2.87. The maximum Gasteiger partial charge on any atom is 0.462 e. The summed E-state index contributed by atoms with van der Waals surface area (Å²) >= 11 is 0. The minimum absolute atomic E-state index is 0.0538. The van der Waals surface area contributed by atoms with E-state index in [0.717, 1.165) is 0 Å². The zero-order valence-corrected chi connectivity index (χ0v) is 7.77. The third kappa shape index (κ3) is 3.13. The van der Waals surface area contributed by atoms with Crippen LogP contribution in [0.3, 0.4) is 0 Å². The molecule has 0 aliphatic carbocycles. The van der Waals surface area contributed by atoms with E-state index in [1.54, 1.807) is 0 Å². The Kier molecular flexibility index (Phi) is 3.99. The van der Waals surface area contributed by atoms with Crippen LogP contribution in [0.25, 0.3) is 0 Å². The minimum atomic E-state index is -6.88. The Morgan fingerprint density at radius 1 is 0.824 bits per heavy atom. The number of hydrogen-bond donors (Lipinski definition) is 0. The van der Waals surface area contributed by atoms with Crippen molar-refractivity contribution in [3.63, 3.8) is 0 Å². The smallest absolute Gasteiger partial charge is 0.248 e. The first kappa shape index (κ1) is 16.3. The van der Waals surface area contributed by atoms with E-state index >= 15 is 0 Å². The van der Waals surface area contributed by atoms with Crippen LogP contribution in [0.5, 0.6) is 0 Å². The van der Waals surface area contributed by atoms with Crippen LogP contribution in [0, 0.1) is 0 Å². The van der Waals surface area contributed by atoms with E-state index in [0.29, 0.717) is 0 Å². The van der Waals surface area contributed by atoms with Crippen LogP contribution in [0.2, 0.25) is 0 Å². The van der Waals surface area contributed by atoms with Crippen molar-refractivity contribution in [3.8, 4) is 0 Å². The molecule has 0 rings (SSSR count). The van der Waals surface area contributed by atoms with Crippen LogP contribution in [0.4, 0.5) is 43.9 Å². The highest BCUT2D eigenvalue weighted by Crippen LogP contribution is 2.49. The Labute approximate surface area is 87.3 Å². The highest BCUT2D eigenvalue weighted by Gasteiger charge is 2.76. The standard InChI is InChI=1S/C6H4F10O/c1-2(7)3(8,9)17-6(15,16)4(10,11)5(12,13)14/h2H,1H3. The predicted octanol–water partition coefficient (Wildman–Crippen LogP) is 3.74. The fourth-order valence-electron chi connectivity index (χ4n) is 0.481. The summed E-state index contributed by atoms with van der Waals surface area (Å²) in [6.07, 6.45) is -22.4. The summed E-state index contributed by atoms with van der Waals surface area (Å²) in [6.45, 7) is -0.0538. The van der Waals surface area contributed by atoms with Gasteiger partial charge in [0.1, 0.15) is 0 Å². The molecule has 17 heavy (non-hydrogen) atoms. The Hall–Kier alpha value is -0.740. The van der Waals surface area contributed by atoms with E-state index in [4.69, 9.17) is 0 Å². The zero-order chi connectivity index (χ0) is 14.3. The minimum Gasteiger partial charge on any atom is -0.248 e. The van der Waals surface area contributed by atoms with Crippen molar-refractivity contribution in [1.29, 1.82) is 0 Å². The topological polar surface area (TPSA) is 9.23 Å².